The molecule has 0 aliphatic rings. The monoisotopic (exact) mass is 183 g/mol. The van der Waals surface area contributed by atoms with Gasteiger partial charge < -0.3 is 4.74 Å². The normalized spacial score (nSPS) is 9.69. The molecule has 0 unspecified atom stereocenters. The van der Waals surface area contributed by atoms with E-state index >= 15 is 0 Å². The molecule has 69 valence electrons. The average Bonchev–Trinajstić information content (AvgIpc) is 2.03. The smallest absolute Gasteiger partial charge is 0.129 e. The van der Waals surface area contributed by atoms with Gasteiger partial charge in [0.15, 0.2) is 0 Å². The molecule has 3 heteroatoms. The molecule has 0 spiro atoms. The molecule has 0 aliphatic carbocycles. The molecule has 1 radical (unpaired) electrons. The van der Waals surface area contributed by atoms with Gasteiger partial charge in [-0.15, -0.1) is 6.58 Å². The standard InChI is InChI=1S/C10H9F2O/c1-2-3-4-13-10-6-8(11)5-9(12)7-10/h2-3,5-7H,1,4H2. The number of hydrogen-bond donors (Lipinski definition) is 0. The first-order valence-corrected chi connectivity index (χ1v) is 3.75. The van der Waals surface area contributed by atoms with Crippen molar-refractivity contribution >= 4 is 0 Å². The first-order chi connectivity index (χ1) is 6.22. The van der Waals surface area contributed by atoms with Crippen molar-refractivity contribution in [1.82, 2.24) is 0 Å². The Morgan fingerprint density at radius 2 is 1.85 bits per heavy atom. The Balaban J connectivity index is 2.60. The van der Waals surface area contributed by atoms with Gasteiger partial charge in [0.2, 0.25) is 0 Å². The molecule has 0 atom stereocenters. The second-order valence-corrected chi connectivity index (χ2v) is 2.39. The van der Waals surface area contributed by atoms with E-state index in [0.717, 1.165) is 18.2 Å². The van der Waals surface area contributed by atoms with E-state index in [9.17, 15) is 8.78 Å². The minimum Gasteiger partial charge on any atom is -0.493 e. The summed E-state index contributed by atoms with van der Waals surface area (Å²) < 4.78 is 30.2. The van der Waals surface area contributed by atoms with Crippen LogP contribution in [-0.4, -0.2) is 6.61 Å². The summed E-state index contributed by atoms with van der Waals surface area (Å²) in [6, 6.07) is 3.05. The van der Waals surface area contributed by atoms with Crippen LogP contribution < -0.4 is 4.74 Å². The third kappa shape index (κ3) is 3.23. The number of benzene rings is 1. The lowest BCUT2D eigenvalue weighted by Gasteiger charge is -2.03. The maximum Gasteiger partial charge on any atom is 0.129 e. The summed E-state index contributed by atoms with van der Waals surface area (Å²) in [6.45, 7) is 3.70. The fraction of sp³-hybridized carbons (Fsp3) is 0.100. The topological polar surface area (TPSA) is 9.23 Å². The predicted molar refractivity (Wildman–Crippen MR) is 46.4 cm³/mol. The van der Waals surface area contributed by atoms with Crippen molar-refractivity contribution in [2.75, 3.05) is 6.61 Å². The van der Waals surface area contributed by atoms with Crippen LogP contribution in [-0.2, 0) is 0 Å². The van der Waals surface area contributed by atoms with Crippen LogP contribution >= 0.6 is 0 Å². The molecule has 13 heavy (non-hydrogen) atoms. The van der Waals surface area contributed by atoms with Crippen LogP contribution in [0.2, 0.25) is 0 Å². The Morgan fingerprint density at radius 1 is 1.23 bits per heavy atom. The van der Waals surface area contributed by atoms with E-state index in [1.165, 1.54) is 0 Å². The Morgan fingerprint density at radius 3 is 2.38 bits per heavy atom. The van der Waals surface area contributed by atoms with Crippen LogP contribution in [0, 0.1) is 18.1 Å². The van der Waals surface area contributed by atoms with E-state index in [0.29, 0.717) is 0 Å². The van der Waals surface area contributed by atoms with Crippen molar-refractivity contribution in [3.63, 3.8) is 0 Å². The molecule has 0 aromatic heterocycles. The summed E-state index contributed by atoms with van der Waals surface area (Å²) in [5.74, 6) is -1.11. The second-order valence-electron chi connectivity index (χ2n) is 2.39. The number of rotatable bonds is 4. The van der Waals surface area contributed by atoms with Gasteiger partial charge in [-0.2, -0.15) is 0 Å². The molecule has 0 N–H and O–H groups in total. The Kier molecular flexibility index (Phi) is 3.43. The largest absolute Gasteiger partial charge is 0.493 e. The van der Waals surface area contributed by atoms with E-state index in [4.69, 9.17) is 4.74 Å². The summed E-state index contributed by atoms with van der Waals surface area (Å²) in [6.07, 6.45) is 3.19. The fourth-order valence-corrected chi connectivity index (χ4v) is 0.824. The highest BCUT2D eigenvalue weighted by atomic mass is 19.1. The summed E-state index contributed by atoms with van der Waals surface area (Å²) in [4.78, 5) is 0. The van der Waals surface area contributed by atoms with Crippen molar-refractivity contribution in [3.05, 3.63) is 48.9 Å². The maximum absolute atomic E-state index is 12.6. The van der Waals surface area contributed by atoms with E-state index in [1.807, 2.05) is 0 Å². The fourth-order valence-electron chi connectivity index (χ4n) is 0.824. The Bertz CT molecular complexity index is 277. The SMILES string of the molecule is C=C[CH]COc1cc(F)cc(F)c1. The van der Waals surface area contributed by atoms with Gasteiger partial charge in [0.1, 0.15) is 17.4 Å². The van der Waals surface area contributed by atoms with E-state index in [-0.39, 0.29) is 12.4 Å². The van der Waals surface area contributed by atoms with Crippen molar-refractivity contribution < 1.29 is 13.5 Å². The predicted octanol–water partition coefficient (Wildman–Crippen LogP) is 2.73. The summed E-state index contributed by atoms with van der Waals surface area (Å²) >= 11 is 0. The quantitative estimate of drug-likeness (QED) is 0.652. The van der Waals surface area contributed by atoms with Crippen molar-refractivity contribution in [3.8, 4) is 5.75 Å². The molecule has 0 aliphatic heterocycles. The molecule has 0 fully saturated rings. The zero-order valence-corrected chi connectivity index (χ0v) is 6.97. The average molecular weight is 183 g/mol. The minimum absolute atomic E-state index is 0.176. The van der Waals surface area contributed by atoms with Gasteiger partial charge in [-0.3, -0.25) is 0 Å². The van der Waals surface area contributed by atoms with Crippen LogP contribution in [0.15, 0.2) is 30.9 Å². The molecule has 1 aromatic carbocycles. The molecule has 1 aromatic rings. The van der Waals surface area contributed by atoms with Gasteiger partial charge >= 0.3 is 0 Å². The molecule has 0 saturated carbocycles. The molecule has 1 rings (SSSR count). The lowest BCUT2D eigenvalue weighted by Crippen LogP contribution is -1.97. The van der Waals surface area contributed by atoms with Crippen LogP contribution in [0.5, 0.6) is 5.75 Å². The number of hydrogen-bond acceptors (Lipinski definition) is 1. The molecular formula is C10H9F2O. The summed E-state index contributed by atoms with van der Waals surface area (Å²) in [5, 5.41) is 0. The van der Waals surface area contributed by atoms with Crippen LogP contribution in [0.3, 0.4) is 0 Å². The molecule has 0 amide bonds. The van der Waals surface area contributed by atoms with Gasteiger partial charge in [-0.05, 0) is 0 Å². The Labute approximate surface area is 75.6 Å². The van der Waals surface area contributed by atoms with E-state index < -0.39 is 11.6 Å². The first-order valence-electron chi connectivity index (χ1n) is 3.75. The van der Waals surface area contributed by atoms with Crippen molar-refractivity contribution in [1.29, 1.82) is 0 Å². The molecule has 1 nitrogen and oxygen atoms in total. The summed E-state index contributed by atoms with van der Waals surface area (Å²) in [7, 11) is 0. The molecule has 0 heterocycles. The van der Waals surface area contributed by atoms with Crippen molar-refractivity contribution in [2.24, 2.45) is 0 Å². The third-order valence-electron chi connectivity index (χ3n) is 1.35. The van der Waals surface area contributed by atoms with Gasteiger partial charge in [-0.1, -0.05) is 6.08 Å². The van der Waals surface area contributed by atoms with Crippen LogP contribution in [0.25, 0.3) is 0 Å². The zero-order chi connectivity index (χ0) is 9.68. The van der Waals surface area contributed by atoms with Gasteiger partial charge in [0, 0.05) is 24.6 Å². The van der Waals surface area contributed by atoms with Crippen LogP contribution in [0.4, 0.5) is 8.78 Å². The highest BCUT2D eigenvalue weighted by molar-refractivity contribution is 5.23. The highest BCUT2D eigenvalue weighted by Crippen LogP contribution is 2.15. The lowest BCUT2D eigenvalue weighted by atomic mass is 10.3. The molecule has 0 saturated heterocycles. The molecule has 0 bridgehead atoms. The van der Waals surface area contributed by atoms with Crippen molar-refractivity contribution in [2.45, 2.75) is 0 Å². The highest BCUT2D eigenvalue weighted by Gasteiger charge is 2.00. The molecular weight excluding hydrogens is 174 g/mol. The van der Waals surface area contributed by atoms with E-state index in [2.05, 4.69) is 6.58 Å². The summed E-state index contributed by atoms with van der Waals surface area (Å²) in [5.41, 5.74) is 0. The Hall–Kier alpha value is -1.38. The first kappa shape index (κ1) is 9.71. The number of halogens is 2. The van der Waals surface area contributed by atoms with E-state index in [1.54, 1.807) is 12.5 Å². The van der Waals surface area contributed by atoms with Gasteiger partial charge in [0.05, 0.1) is 6.61 Å². The van der Waals surface area contributed by atoms with Crippen LogP contribution in [0.1, 0.15) is 0 Å². The maximum atomic E-state index is 12.6. The lowest BCUT2D eigenvalue weighted by molar-refractivity contribution is 0.348. The number of ether oxygens (including phenoxy) is 1. The third-order valence-corrected chi connectivity index (χ3v) is 1.35. The zero-order valence-electron chi connectivity index (χ0n) is 6.97. The second kappa shape index (κ2) is 4.60. The minimum atomic E-state index is -0.645. The van der Waals surface area contributed by atoms with Gasteiger partial charge in [0.25, 0.3) is 0 Å². The van der Waals surface area contributed by atoms with Gasteiger partial charge in [-0.25, -0.2) is 8.78 Å².